The molecule has 0 spiro atoms. The van der Waals surface area contributed by atoms with Gasteiger partial charge in [0.15, 0.2) is 0 Å². The number of ether oxygens (including phenoxy) is 1. The molecule has 1 aromatic heterocycles. The fourth-order valence-corrected chi connectivity index (χ4v) is 5.34. The number of fused-ring (bicyclic) bond motifs is 1. The van der Waals surface area contributed by atoms with E-state index in [-0.39, 0.29) is 31.3 Å². The van der Waals surface area contributed by atoms with Crippen LogP contribution in [0.5, 0.6) is 0 Å². The Morgan fingerprint density at radius 1 is 1.00 bits per heavy atom. The summed E-state index contributed by atoms with van der Waals surface area (Å²) in [5, 5.41) is 2.05. The van der Waals surface area contributed by atoms with Crippen LogP contribution in [0.4, 0.5) is 4.79 Å². The van der Waals surface area contributed by atoms with E-state index in [4.69, 9.17) is 4.74 Å². The van der Waals surface area contributed by atoms with E-state index < -0.39 is 12.1 Å². The molecule has 1 atom stereocenters. The first-order valence-corrected chi connectivity index (χ1v) is 14.2. The quantitative estimate of drug-likeness (QED) is 0.228. The van der Waals surface area contributed by atoms with E-state index in [0.29, 0.717) is 19.7 Å². The highest BCUT2D eigenvalue weighted by molar-refractivity contribution is 9.10. The Hall–Kier alpha value is -4.02. The van der Waals surface area contributed by atoms with Crippen LogP contribution in [0.2, 0.25) is 0 Å². The smallest absolute Gasteiger partial charge is 0.328 e. The Morgan fingerprint density at radius 2 is 1.76 bits per heavy atom. The molecular formula is C31H32BrN5O4. The minimum Gasteiger partial charge on any atom is -0.383 e. The van der Waals surface area contributed by atoms with Crippen LogP contribution in [-0.2, 0) is 34.0 Å². The van der Waals surface area contributed by atoms with Crippen LogP contribution in [0.3, 0.4) is 0 Å². The molecular weight excluding hydrogens is 586 g/mol. The van der Waals surface area contributed by atoms with Gasteiger partial charge < -0.3 is 19.1 Å². The number of aromatic nitrogens is 2. The normalized spacial score (nSPS) is 15.2. The SMILES string of the molecule is COCCN(C)C(=O)CC1C(=O)N(Cc2cncn2Cc2ccc(Br)cc2)C(=O)N1Cc1cccc2ccccc12. The highest BCUT2D eigenvalue weighted by atomic mass is 79.9. The lowest BCUT2D eigenvalue weighted by Crippen LogP contribution is -2.40. The standard InChI is InChI=1S/C31H32BrN5O4/c1-34(14-15-41-2)29(38)16-28-30(39)37(20-26-17-33-21-35(26)18-22-10-12-25(32)13-11-22)31(40)36(28)19-24-8-5-7-23-6-3-4-9-27(23)24/h3-13,17,21,28H,14-16,18-20H2,1-2H3. The Bertz CT molecular complexity index is 1550. The highest BCUT2D eigenvalue weighted by Gasteiger charge is 2.46. The van der Waals surface area contributed by atoms with Crippen molar-refractivity contribution < 1.29 is 19.1 Å². The van der Waals surface area contributed by atoms with Crippen LogP contribution >= 0.6 is 15.9 Å². The van der Waals surface area contributed by atoms with Gasteiger partial charge in [-0.3, -0.25) is 14.5 Å². The van der Waals surface area contributed by atoms with Crippen molar-refractivity contribution in [3.8, 4) is 0 Å². The van der Waals surface area contributed by atoms with Crippen molar-refractivity contribution in [2.45, 2.75) is 32.1 Å². The van der Waals surface area contributed by atoms with E-state index in [1.807, 2.05) is 71.3 Å². The lowest BCUT2D eigenvalue weighted by atomic mass is 10.0. The number of hydrogen-bond donors (Lipinski definition) is 0. The number of likely N-dealkylation sites (N-methyl/N-ethyl adjacent to an activating group) is 1. The second kappa shape index (κ2) is 12.7. The summed E-state index contributed by atoms with van der Waals surface area (Å²) in [5.74, 6) is -0.613. The summed E-state index contributed by atoms with van der Waals surface area (Å²) in [6.45, 7) is 1.59. The minimum atomic E-state index is -0.915. The fourth-order valence-electron chi connectivity index (χ4n) is 5.08. The largest absolute Gasteiger partial charge is 0.383 e. The average molecular weight is 619 g/mol. The third-order valence-electron chi connectivity index (χ3n) is 7.43. The summed E-state index contributed by atoms with van der Waals surface area (Å²) in [4.78, 5) is 49.4. The number of methoxy groups -OCH3 is 1. The maximum Gasteiger partial charge on any atom is 0.328 e. The summed E-state index contributed by atoms with van der Waals surface area (Å²) in [5.41, 5.74) is 2.70. The van der Waals surface area contributed by atoms with Gasteiger partial charge in [-0.2, -0.15) is 0 Å². The minimum absolute atomic E-state index is 0.0600. The third-order valence-corrected chi connectivity index (χ3v) is 7.96. The topological polar surface area (TPSA) is 88.0 Å². The zero-order valence-corrected chi connectivity index (χ0v) is 24.7. The first kappa shape index (κ1) is 28.5. The van der Waals surface area contributed by atoms with Crippen molar-refractivity contribution in [3.63, 3.8) is 0 Å². The molecule has 2 heterocycles. The van der Waals surface area contributed by atoms with Gasteiger partial charge in [0.2, 0.25) is 5.91 Å². The number of imidazole rings is 1. The molecule has 10 heteroatoms. The van der Waals surface area contributed by atoms with Gasteiger partial charge in [-0.05, 0) is 34.0 Å². The zero-order chi connectivity index (χ0) is 28.9. The number of hydrogen-bond acceptors (Lipinski definition) is 5. The monoisotopic (exact) mass is 617 g/mol. The number of amides is 4. The van der Waals surface area contributed by atoms with Crippen molar-refractivity contribution in [1.82, 2.24) is 24.3 Å². The second-order valence-corrected chi connectivity index (χ2v) is 11.1. The van der Waals surface area contributed by atoms with E-state index in [1.54, 1.807) is 26.7 Å². The van der Waals surface area contributed by atoms with Crippen molar-refractivity contribution in [2.75, 3.05) is 27.3 Å². The Balaban J connectivity index is 1.41. The predicted octanol–water partition coefficient (Wildman–Crippen LogP) is 4.68. The number of carbonyl (C=O) groups is 3. The molecule has 212 valence electrons. The van der Waals surface area contributed by atoms with Gasteiger partial charge in [0.1, 0.15) is 6.04 Å². The van der Waals surface area contributed by atoms with Crippen molar-refractivity contribution in [2.24, 2.45) is 0 Å². The van der Waals surface area contributed by atoms with Gasteiger partial charge in [0.25, 0.3) is 5.91 Å². The fraction of sp³-hybridized carbons (Fsp3) is 0.290. The van der Waals surface area contributed by atoms with E-state index in [0.717, 1.165) is 32.1 Å². The Labute approximate surface area is 247 Å². The molecule has 1 aliphatic rings. The summed E-state index contributed by atoms with van der Waals surface area (Å²) in [7, 11) is 3.25. The molecule has 4 amide bonds. The van der Waals surface area contributed by atoms with Crippen LogP contribution in [0.25, 0.3) is 10.8 Å². The summed E-state index contributed by atoms with van der Waals surface area (Å²) in [6, 6.07) is 20.5. The molecule has 0 aliphatic carbocycles. The number of nitrogens with zero attached hydrogens (tertiary/aromatic N) is 5. The summed E-state index contributed by atoms with van der Waals surface area (Å²) in [6.07, 6.45) is 3.26. The Morgan fingerprint density at radius 3 is 2.54 bits per heavy atom. The molecule has 5 rings (SSSR count). The van der Waals surface area contributed by atoms with Gasteiger partial charge in [-0.25, -0.2) is 9.78 Å². The number of halogens is 1. The zero-order valence-electron chi connectivity index (χ0n) is 23.1. The number of imide groups is 1. The van der Waals surface area contributed by atoms with E-state index in [2.05, 4.69) is 20.9 Å². The van der Waals surface area contributed by atoms with Gasteiger partial charge >= 0.3 is 6.03 Å². The van der Waals surface area contributed by atoms with Gasteiger partial charge in [0.05, 0.1) is 31.6 Å². The molecule has 1 saturated heterocycles. The molecule has 0 radical (unpaired) electrons. The van der Waals surface area contributed by atoms with E-state index in [9.17, 15) is 14.4 Å². The van der Waals surface area contributed by atoms with Crippen LogP contribution in [-0.4, -0.2) is 75.4 Å². The Kier molecular flexibility index (Phi) is 8.80. The first-order valence-electron chi connectivity index (χ1n) is 13.4. The van der Waals surface area contributed by atoms with Gasteiger partial charge in [-0.15, -0.1) is 0 Å². The lowest BCUT2D eigenvalue weighted by Gasteiger charge is -2.24. The molecule has 41 heavy (non-hydrogen) atoms. The molecule has 1 fully saturated rings. The number of urea groups is 1. The summed E-state index contributed by atoms with van der Waals surface area (Å²) >= 11 is 3.46. The lowest BCUT2D eigenvalue weighted by molar-refractivity contribution is -0.136. The highest BCUT2D eigenvalue weighted by Crippen LogP contribution is 2.28. The van der Waals surface area contributed by atoms with Crippen LogP contribution in [0, 0.1) is 0 Å². The van der Waals surface area contributed by atoms with Crippen molar-refractivity contribution in [1.29, 1.82) is 0 Å². The van der Waals surface area contributed by atoms with E-state index >= 15 is 0 Å². The molecule has 1 aliphatic heterocycles. The summed E-state index contributed by atoms with van der Waals surface area (Å²) < 4.78 is 8.02. The van der Waals surface area contributed by atoms with Crippen LogP contribution in [0.1, 0.15) is 23.2 Å². The molecule has 1 unspecified atom stereocenters. The molecule has 0 N–H and O–H groups in total. The maximum atomic E-state index is 13.9. The average Bonchev–Trinajstić information content (AvgIpc) is 3.50. The second-order valence-electron chi connectivity index (χ2n) is 10.1. The number of rotatable bonds is 11. The molecule has 9 nitrogen and oxygen atoms in total. The number of carbonyl (C=O) groups excluding carboxylic acids is 3. The first-order chi connectivity index (χ1) is 19.9. The van der Waals surface area contributed by atoms with Gasteiger partial charge in [-0.1, -0.05) is 70.5 Å². The van der Waals surface area contributed by atoms with Crippen molar-refractivity contribution in [3.05, 3.63) is 101 Å². The van der Waals surface area contributed by atoms with Gasteiger partial charge in [0, 0.05) is 44.5 Å². The van der Waals surface area contributed by atoms with E-state index in [1.165, 1.54) is 14.7 Å². The molecule has 4 aromatic rings. The molecule has 0 saturated carbocycles. The number of benzene rings is 3. The molecule has 3 aromatic carbocycles. The van der Waals surface area contributed by atoms with Crippen LogP contribution < -0.4 is 0 Å². The third kappa shape index (κ3) is 6.34. The predicted molar refractivity (Wildman–Crippen MR) is 159 cm³/mol. The van der Waals surface area contributed by atoms with Crippen molar-refractivity contribution >= 4 is 44.5 Å². The molecule has 0 bridgehead atoms. The van der Waals surface area contributed by atoms with Crippen LogP contribution in [0.15, 0.2) is 83.7 Å². The maximum absolute atomic E-state index is 13.9.